The molecule has 0 amide bonds. The zero-order chi connectivity index (χ0) is 61.3. The van der Waals surface area contributed by atoms with Gasteiger partial charge in [-0.2, -0.15) is 0 Å². The molecule has 0 fully saturated rings. The van der Waals surface area contributed by atoms with E-state index in [0.717, 1.165) is 77.3 Å². The maximum absolute atomic E-state index is 5.68. The quantitative estimate of drug-likeness (QED) is 0.127. The van der Waals surface area contributed by atoms with E-state index in [1.165, 1.54) is 141 Å². The van der Waals surface area contributed by atoms with E-state index in [4.69, 9.17) is 19.9 Å². The number of pyridine rings is 4. The molecule has 0 aliphatic rings. The summed E-state index contributed by atoms with van der Waals surface area (Å²) in [6, 6.07) is 108. The van der Waals surface area contributed by atoms with Crippen LogP contribution in [0.25, 0.3) is 218 Å². The molecule has 0 saturated heterocycles. The molecular weight excluding hydrogens is 1140 g/mol. The van der Waals surface area contributed by atoms with E-state index in [9.17, 15) is 0 Å². The molecule has 0 saturated carbocycles. The minimum Gasteiger partial charge on any atom is -0.254 e. The predicted molar refractivity (Wildman–Crippen MR) is 399 cm³/mol. The van der Waals surface area contributed by atoms with Gasteiger partial charge in [0.2, 0.25) is 0 Å². The summed E-state index contributed by atoms with van der Waals surface area (Å²) in [6.07, 6.45) is 3.75. The van der Waals surface area contributed by atoms with Crippen molar-refractivity contribution in [3.8, 4) is 55.9 Å². The van der Waals surface area contributed by atoms with Crippen LogP contribution in [0.4, 0.5) is 0 Å². The van der Waals surface area contributed by atoms with E-state index >= 15 is 0 Å². The molecule has 0 atom stereocenters. The highest BCUT2D eigenvalue weighted by atomic mass is 14.8. The lowest BCUT2D eigenvalue weighted by atomic mass is 9.85. The SMILES string of the molecule is c1cnc2c(c1)ccc1ccc(-c3c4ccccc4c(-c4ccc5c6ccc(-c7cc8cccnc8c8nc(-c9ccc%10ccc%11c(-c%12ccc%13c%14ccccc%14c%14ccccc%14c%13c%12)ccc%12ccc9c%10c%12%11)ccc78)cc6c6ccccc6c5c4)c4ccccc34)nc12. The van der Waals surface area contributed by atoms with Crippen molar-refractivity contribution in [3.05, 3.63) is 304 Å². The van der Waals surface area contributed by atoms with Crippen LogP contribution in [0.2, 0.25) is 0 Å². The highest BCUT2D eigenvalue weighted by Crippen LogP contribution is 2.49. The fourth-order valence-electron chi connectivity index (χ4n) is 16.4. The van der Waals surface area contributed by atoms with Crippen molar-refractivity contribution in [2.75, 3.05) is 0 Å². The molecule has 4 aromatic heterocycles. The maximum Gasteiger partial charge on any atom is 0.0978 e. The number of rotatable bonds is 5. The Morgan fingerprint density at radius 2 is 0.553 bits per heavy atom. The van der Waals surface area contributed by atoms with Crippen LogP contribution in [0.5, 0.6) is 0 Å². The first-order valence-electron chi connectivity index (χ1n) is 32.3. The third-order valence-corrected chi connectivity index (χ3v) is 20.6. The summed E-state index contributed by atoms with van der Waals surface area (Å²) in [5, 5.41) is 31.4. The molecule has 94 heavy (non-hydrogen) atoms. The summed E-state index contributed by atoms with van der Waals surface area (Å²) in [4.78, 5) is 21.0. The van der Waals surface area contributed by atoms with Crippen molar-refractivity contribution in [1.82, 2.24) is 19.9 Å². The molecular formula is C90H50N4. The zero-order valence-electron chi connectivity index (χ0n) is 50.7. The predicted octanol–water partition coefficient (Wildman–Crippen LogP) is 24.3. The van der Waals surface area contributed by atoms with Gasteiger partial charge in [-0.15, -0.1) is 0 Å². The first-order valence-corrected chi connectivity index (χ1v) is 32.3. The Balaban J connectivity index is 0.696. The number of benzene rings is 17. The fourth-order valence-corrected chi connectivity index (χ4v) is 16.4. The van der Waals surface area contributed by atoms with Crippen molar-refractivity contribution in [1.29, 1.82) is 0 Å². The highest BCUT2D eigenvalue weighted by Gasteiger charge is 2.23. The Bertz CT molecular complexity index is 6810. The van der Waals surface area contributed by atoms with Crippen molar-refractivity contribution in [3.63, 3.8) is 0 Å². The molecule has 0 spiro atoms. The van der Waals surface area contributed by atoms with Crippen LogP contribution < -0.4 is 0 Å². The largest absolute Gasteiger partial charge is 0.254 e. The summed E-state index contributed by atoms with van der Waals surface area (Å²) in [6.45, 7) is 0. The van der Waals surface area contributed by atoms with Crippen LogP contribution >= 0.6 is 0 Å². The minimum atomic E-state index is 0.888. The third kappa shape index (κ3) is 7.33. The minimum absolute atomic E-state index is 0.888. The standard InChI is InChI=1S/C90H50N4/c1-2-17-62-60(15-1)61-16-3-4-18-63(61)78-47-55(31-36-66(62)78)59-35-27-51-30-41-75-69(39-28-52-29-40-74(59)84(51)85(52)75)81-44-42-76-77(50-58-14-12-46-92-88(58)90(76)93-81)56-32-37-67-68-38-33-57(49-80(68)65-20-6-5-19-64(65)79(67)48-56)83-70-21-7-9-23-72(70)86(73-24-10-8-22-71(73)83)82-43-34-54-26-25-53-13-11-45-91-87(53)89(54)94-82/h1-50H. The van der Waals surface area contributed by atoms with Crippen molar-refractivity contribution >= 4 is 162 Å². The van der Waals surface area contributed by atoms with Gasteiger partial charge in [0.05, 0.1) is 33.5 Å². The van der Waals surface area contributed by atoms with Gasteiger partial charge >= 0.3 is 0 Å². The summed E-state index contributed by atoms with van der Waals surface area (Å²) in [5.41, 5.74) is 14.8. The van der Waals surface area contributed by atoms with Gasteiger partial charge in [0, 0.05) is 45.1 Å². The van der Waals surface area contributed by atoms with Crippen molar-refractivity contribution in [2.45, 2.75) is 0 Å². The summed E-state index contributed by atoms with van der Waals surface area (Å²) in [5.74, 6) is 0. The Labute approximate surface area is 538 Å². The van der Waals surface area contributed by atoms with E-state index in [1.807, 2.05) is 24.5 Å². The van der Waals surface area contributed by atoms with Gasteiger partial charge in [-0.25, -0.2) is 9.97 Å². The van der Waals surface area contributed by atoms with Crippen LogP contribution in [0.1, 0.15) is 0 Å². The summed E-state index contributed by atoms with van der Waals surface area (Å²) >= 11 is 0. The van der Waals surface area contributed by atoms with E-state index in [1.54, 1.807) is 0 Å². The molecule has 0 unspecified atom stereocenters. The molecule has 0 radical (unpaired) electrons. The van der Waals surface area contributed by atoms with E-state index in [-0.39, 0.29) is 0 Å². The second-order valence-electron chi connectivity index (χ2n) is 25.4. The molecule has 0 bridgehead atoms. The highest BCUT2D eigenvalue weighted by molar-refractivity contribution is 6.31. The Kier molecular flexibility index (Phi) is 10.6. The molecule has 0 N–H and O–H groups in total. The van der Waals surface area contributed by atoms with E-state index in [2.05, 4.69) is 279 Å². The second-order valence-corrected chi connectivity index (χ2v) is 25.4. The first-order chi connectivity index (χ1) is 46.6. The summed E-state index contributed by atoms with van der Waals surface area (Å²) < 4.78 is 0. The molecule has 0 aliphatic carbocycles. The second kappa shape index (κ2) is 19.5. The van der Waals surface area contributed by atoms with Gasteiger partial charge in [-0.1, -0.05) is 237 Å². The average molecular weight is 1190 g/mol. The average Bonchev–Trinajstić information content (AvgIpc) is 0.737. The fraction of sp³-hybridized carbons (Fsp3) is 0. The van der Waals surface area contributed by atoms with Crippen molar-refractivity contribution < 1.29 is 0 Å². The molecule has 4 heterocycles. The van der Waals surface area contributed by atoms with Crippen LogP contribution in [-0.2, 0) is 0 Å². The molecule has 430 valence electrons. The van der Waals surface area contributed by atoms with Gasteiger partial charge in [-0.05, 0) is 206 Å². The number of nitrogens with zero attached hydrogens (tertiary/aromatic N) is 4. The van der Waals surface area contributed by atoms with Gasteiger partial charge < -0.3 is 0 Å². The maximum atomic E-state index is 5.68. The number of fused-ring (bicyclic) bond motifs is 20. The third-order valence-electron chi connectivity index (χ3n) is 20.6. The lowest BCUT2D eigenvalue weighted by molar-refractivity contribution is 1.37. The van der Waals surface area contributed by atoms with Gasteiger partial charge in [0.25, 0.3) is 0 Å². The zero-order valence-corrected chi connectivity index (χ0v) is 50.7. The van der Waals surface area contributed by atoms with Crippen molar-refractivity contribution in [2.24, 2.45) is 0 Å². The van der Waals surface area contributed by atoms with Crippen LogP contribution in [0.3, 0.4) is 0 Å². The topological polar surface area (TPSA) is 51.6 Å². The Hall–Kier alpha value is -12.5. The lowest BCUT2D eigenvalue weighted by Crippen LogP contribution is -1.94. The van der Waals surface area contributed by atoms with Crippen LogP contribution in [0, 0.1) is 0 Å². The van der Waals surface area contributed by atoms with Gasteiger partial charge in [-0.3, -0.25) is 9.97 Å². The van der Waals surface area contributed by atoms with Crippen LogP contribution in [-0.4, -0.2) is 19.9 Å². The monoisotopic (exact) mass is 1190 g/mol. The lowest BCUT2D eigenvalue weighted by Gasteiger charge is -2.19. The molecule has 17 aromatic carbocycles. The van der Waals surface area contributed by atoms with Crippen LogP contribution in [0.15, 0.2) is 304 Å². The smallest absolute Gasteiger partial charge is 0.0978 e. The van der Waals surface area contributed by atoms with E-state index in [0.29, 0.717) is 0 Å². The first kappa shape index (κ1) is 51.3. The Morgan fingerprint density at radius 1 is 0.181 bits per heavy atom. The van der Waals surface area contributed by atoms with Gasteiger partial charge in [0.15, 0.2) is 0 Å². The molecule has 21 aromatic rings. The van der Waals surface area contributed by atoms with E-state index < -0.39 is 0 Å². The number of aromatic nitrogens is 4. The normalized spacial score (nSPS) is 12.3. The molecule has 0 aliphatic heterocycles. The van der Waals surface area contributed by atoms with Gasteiger partial charge in [0.1, 0.15) is 0 Å². The molecule has 4 heteroatoms. The molecule has 21 rings (SSSR count). The Morgan fingerprint density at radius 3 is 1.13 bits per heavy atom. The summed E-state index contributed by atoms with van der Waals surface area (Å²) in [7, 11) is 0. The number of hydrogen-bond acceptors (Lipinski definition) is 4. The number of hydrogen-bond donors (Lipinski definition) is 0. The molecule has 4 nitrogen and oxygen atoms in total.